The van der Waals surface area contributed by atoms with Crippen molar-refractivity contribution in [3.8, 4) is 17.2 Å². The van der Waals surface area contributed by atoms with E-state index in [0.717, 1.165) is 15.7 Å². The summed E-state index contributed by atoms with van der Waals surface area (Å²) in [7, 11) is 0. The number of hydrogen-bond acceptors (Lipinski definition) is 4. The molecule has 2 amide bonds. The van der Waals surface area contributed by atoms with Crippen LogP contribution in [0.25, 0.3) is 0 Å². The highest BCUT2D eigenvalue weighted by Crippen LogP contribution is 2.37. The van der Waals surface area contributed by atoms with Crippen molar-refractivity contribution in [2.24, 2.45) is 0 Å². The largest absolute Gasteiger partial charge is 0.504 e. The summed E-state index contributed by atoms with van der Waals surface area (Å²) in [5.74, 6) is -1.67. The molecule has 0 spiro atoms. The van der Waals surface area contributed by atoms with Crippen LogP contribution in [0, 0.1) is 3.57 Å². The van der Waals surface area contributed by atoms with Crippen LogP contribution in [0.5, 0.6) is 17.2 Å². The van der Waals surface area contributed by atoms with Crippen LogP contribution in [-0.4, -0.2) is 21.4 Å². The molecule has 0 saturated heterocycles. The smallest absolute Gasteiger partial charge is 0.323 e. The van der Waals surface area contributed by atoms with Crippen molar-refractivity contribution < 1.29 is 20.1 Å². The number of phenols is 3. The third-order valence-corrected chi connectivity index (χ3v) is 3.15. The summed E-state index contributed by atoms with van der Waals surface area (Å²) in [5.41, 5.74) is 0.760. The molecule has 0 aliphatic heterocycles. The van der Waals surface area contributed by atoms with Gasteiger partial charge in [-0.05, 0) is 46.9 Å². The second-order valence-electron chi connectivity index (χ2n) is 3.95. The SMILES string of the molecule is O=C(Nc1ccc(I)cc1)Nc1cc(O)c(O)c(O)c1. The number of benzene rings is 2. The zero-order valence-electron chi connectivity index (χ0n) is 10.1. The molecule has 0 aliphatic carbocycles. The van der Waals surface area contributed by atoms with E-state index in [1.54, 1.807) is 12.1 Å². The lowest BCUT2D eigenvalue weighted by Gasteiger charge is -2.09. The Morgan fingerprint density at radius 1 is 0.900 bits per heavy atom. The highest BCUT2D eigenvalue weighted by molar-refractivity contribution is 14.1. The molecular weight excluding hydrogens is 375 g/mol. The Morgan fingerprint density at radius 3 is 1.95 bits per heavy atom. The molecule has 104 valence electrons. The lowest BCUT2D eigenvalue weighted by Crippen LogP contribution is -2.19. The molecule has 0 saturated carbocycles. The van der Waals surface area contributed by atoms with E-state index < -0.39 is 23.3 Å². The molecule has 0 aromatic heterocycles. The average Bonchev–Trinajstić information content (AvgIpc) is 2.38. The summed E-state index contributed by atoms with van der Waals surface area (Å²) in [6.07, 6.45) is 0. The Bertz CT molecular complexity index is 620. The first-order chi connectivity index (χ1) is 9.45. The van der Waals surface area contributed by atoms with Gasteiger partial charge in [0.15, 0.2) is 17.2 Å². The number of phenolic OH excluding ortho intramolecular Hbond substituents is 3. The minimum atomic E-state index is -0.631. The van der Waals surface area contributed by atoms with E-state index >= 15 is 0 Å². The average molecular weight is 386 g/mol. The maximum Gasteiger partial charge on any atom is 0.323 e. The Kier molecular flexibility index (Phi) is 4.18. The molecule has 0 bridgehead atoms. The minimum Gasteiger partial charge on any atom is -0.504 e. The van der Waals surface area contributed by atoms with E-state index in [-0.39, 0.29) is 5.69 Å². The number of aromatic hydroxyl groups is 3. The van der Waals surface area contributed by atoms with E-state index in [1.807, 2.05) is 12.1 Å². The molecule has 2 aromatic rings. The van der Waals surface area contributed by atoms with E-state index in [1.165, 1.54) is 0 Å². The van der Waals surface area contributed by atoms with Crippen molar-refractivity contribution in [3.05, 3.63) is 40.0 Å². The predicted molar refractivity (Wildman–Crippen MR) is 83.2 cm³/mol. The van der Waals surface area contributed by atoms with Gasteiger partial charge in [-0.2, -0.15) is 0 Å². The molecule has 20 heavy (non-hydrogen) atoms. The van der Waals surface area contributed by atoms with Gasteiger partial charge in [0.1, 0.15) is 0 Å². The standard InChI is InChI=1S/C13H11IN2O4/c14-7-1-3-8(4-2-7)15-13(20)16-9-5-10(17)12(19)11(18)6-9/h1-6,17-19H,(H2,15,16,20). The van der Waals surface area contributed by atoms with Crippen molar-refractivity contribution in [2.45, 2.75) is 0 Å². The lowest BCUT2D eigenvalue weighted by molar-refractivity contribution is 0.262. The molecule has 7 heteroatoms. The number of carbonyl (C=O) groups is 1. The van der Waals surface area contributed by atoms with E-state index in [9.17, 15) is 20.1 Å². The summed E-state index contributed by atoms with van der Waals surface area (Å²) in [6.45, 7) is 0. The molecule has 0 radical (unpaired) electrons. The summed E-state index contributed by atoms with van der Waals surface area (Å²) in [4.78, 5) is 11.7. The first kappa shape index (κ1) is 14.3. The third kappa shape index (κ3) is 3.44. The van der Waals surface area contributed by atoms with Gasteiger partial charge in [0.25, 0.3) is 0 Å². The Balaban J connectivity index is 2.06. The van der Waals surface area contributed by atoms with Crippen molar-refractivity contribution in [1.29, 1.82) is 0 Å². The number of amides is 2. The Labute approximate surface area is 128 Å². The quantitative estimate of drug-likeness (QED) is 0.311. The van der Waals surface area contributed by atoms with Crippen LogP contribution in [0.15, 0.2) is 36.4 Å². The van der Waals surface area contributed by atoms with Gasteiger partial charge >= 0.3 is 6.03 Å². The fourth-order valence-corrected chi connectivity index (χ4v) is 1.86. The Morgan fingerprint density at radius 2 is 1.40 bits per heavy atom. The zero-order chi connectivity index (χ0) is 14.7. The predicted octanol–water partition coefficient (Wildman–Crippen LogP) is 3.05. The second-order valence-corrected chi connectivity index (χ2v) is 5.19. The van der Waals surface area contributed by atoms with Gasteiger partial charge in [-0.15, -0.1) is 0 Å². The van der Waals surface area contributed by atoms with Gasteiger partial charge in [0.05, 0.1) is 5.69 Å². The van der Waals surface area contributed by atoms with E-state index in [0.29, 0.717) is 5.69 Å². The minimum absolute atomic E-state index is 0.154. The maximum absolute atomic E-state index is 11.7. The molecule has 2 aromatic carbocycles. The van der Waals surface area contributed by atoms with Gasteiger partial charge in [-0.3, -0.25) is 0 Å². The van der Waals surface area contributed by atoms with Crippen LogP contribution >= 0.6 is 22.6 Å². The molecule has 0 fully saturated rings. The van der Waals surface area contributed by atoms with Crippen molar-refractivity contribution in [3.63, 3.8) is 0 Å². The molecule has 0 unspecified atom stereocenters. The molecular formula is C13H11IN2O4. The second kappa shape index (κ2) is 5.87. The van der Waals surface area contributed by atoms with Crippen LogP contribution in [0.3, 0.4) is 0 Å². The van der Waals surface area contributed by atoms with Crippen molar-refractivity contribution in [2.75, 3.05) is 10.6 Å². The van der Waals surface area contributed by atoms with Gasteiger partial charge in [-0.25, -0.2) is 4.79 Å². The molecule has 5 N–H and O–H groups in total. The lowest BCUT2D eigenvalue weighted by atomic mass is 10.2. The summed E-state index contributed by atoms with van der Waals surface area (Å²) >= 11 is 2.15. The number of rotatable bonds is 2. The van der Waals surface area contributed by atoms with Crippen LogP contribution in [0.1, 0.15) is 0 Å². The number of hydrogen-bond donors (Lipinski definition) is 5. The number of nitrogens with one attached hydrogen (secondary N) is 2. The van der Waals surface area contributed by atoms with E-state index in [4.69, 9.17) is 0 Å². The van der Waals surface area contributed by atoms with Crippen LogP contribution in [-0.2, 0) is 0 Å². The summed E-state index contributed by atoms with van der Waals surface area (Å²) in [6, 6.07) is 8.89. The van der Waals surface area contributed by atoms with Crippen molar-refractivity contribution >= 4 is 40.0 Å². The zero-order valence-corrected chi connectivity index (χ0v) is 12.2. The topological polar surface area (TPSA) is 102 Å². The molecule has 0 atom stereocenters. The highest BCUT2D eigenvalue weighted by Gasteiger charge is 2.10. The number of carbonyl (C=O) groups excluding carboxylic acids is 1. The van der Waals surface area contributed by atoms with Crippen LogP contribution < -0.4 is 10.6 Å². The third-order valence-electron chi connectivity index (χ3n) is 2.43. The molecule has 6 nitrogen and oxygen atoms in total. The fourth-order valence-electron chi connectivity index (χ4n) is 1.50. The van der Waals surface area contributed by atoms with Crippen molar-refractivity contribution in [1.82, 2.24) is 0 Å². The molecule has 0 heterocycles. The Hall–Kier alpha value is -2.16. The van der Waals surface area contributed by atoms with Gasteiger partial charge in [0, 0.05) is 21.4 Å². The number of halogens is 1. The van der Waals surface area contributed by atoms with Crippen LogP contribution in [0.2, 0.25) is 0 Å². The van der Waals surface area contributed by atoms with Gasteiger partial charge in [0.2, 0.25) is 0 Å². The first-order valence-electron chi connectivity index (χ1n) is 5.54. The van der Waals surface area contributed by atoms with Crippen LogP contribution in [0.4, 0.5) is 16.2 Å². The van der Waals surface area contributed by atoms with Gasteiger partial charge in [-0.1, -0.05) is 0 Å². The summed E-state index contributed by atoms with van der Waals surface area (Å²) in [5, 5.41) is 32.9. The molecule has 2 rings (SSSR count). The molecule has 0 aliphatic rings. The normalized spacial score (nSPS) is 10.1. The van der Waals surface area contributed by atoms with Gasteiger partial charge < -0.3 is 26.0 Å². The summed E-state index contributed by atoms with van der Waals surface area (Å²) < 4.78 is 1.04. The highest BCUT2D eigenvalue weighted by atomic mass is 127. The number of urea groups is 1. The monoisotopic (exact) mass is 386 g/mol. The van der Waals surface area contributed by atoms with E-state index in [2.05, 4.69) is 33.2 Å². The first-order valence-corrected chi connectivity index (χ1v) is 6.62. The fraction of sp³-hybridized carbons (Fsp3) is 0. The maximum atomic E-state index is 11.7. The number of anilines is 2.